The zero-order valence-electron chi connectivity index (χ0n) is 22.2. The highest BCUT2D eigenvalue weighted by atomic mass is 19.1. The number of carbonyl (C=O) groups is 2. The molecule has 1 aliphatic heterocycles. The molecule has 5 rings (SSSR count). The van der Waals surface area contributed by atoms with E-state index < -0.39 is 5.41 Å². The smallest absolute Gasteiger partial charge is 0.233 e. The zero-order valence-corrected chi connectivity index (χ0v) is 22.2. The van der Waals surface area contributed by atoms with Gasteiger partial charge in [0.1, 0.15) is 5.82 Å². The quantitative estimate of drug-likeness (QED) is 0.468. The van der Waals surface area contributed by atoms with E-state index in [2.05, 4.69) is 34.5 Å². The van der Waals surface area contributed by atoms with Crippen molar-refractivity contribution in [2.75, 3.05) is 26.7 Å². The highest BCUT2D eigenvalue weighted by Crippen LogP contribution is 2.56. The third-order valence-electron chi connectivity index (χ3n) is 8.39. The summed E-state index contributed by atoms with van der Waals surface area (Å²) in [7, 11) is 1.84. The lowest BCUT2D eigenvalue weighted by Crippen LogP contribution is -2.53. The van der Waals surface area contributed by atoms with Gasteiger partial charge < -0.3 is 15.1 Å². The second-order valence-corrected chi connectivity index (χ2v) is 11.0. The van der Waals surface area contributed by atoms with Gasteiger partial charge in [0.05, 0.1) is 11.0 Å². The van der Waals surface area contributed by atoms with Crippen molar-refractivity contribution in [2.45, 2.75) is 43.7 Å². The minimum Gasteiger partial charge on any atom is -0.347 e. The van der Waals surface area contributed by atoms with Crippen LogP contribution in [0.1, 0.15) is 42.9 Å². The van der Waals surface area contributed by atoms with Crippen LogP contribution in [-0.2, 0) is 27.1 Å². The molecule has 198 valence electrons. The first kappa shape index (κ1) is 26.1. The van der Waals surface area contributed by atoms with E-state index in [0.29, 0.717) is 6.54 Å². The van der Waals surface area contributed by atoms with Crippen LogP contribution < -0.4 is 5.32 Å². The Hall–Kier alpha value is -3.51. The molecule has 1 saturated carbocycles. The largest absolute Gasteiger partial charge is 0.347 e. The number of piperidine rings is 1. The van der Waals surface area contributed by atoms with E-state index in [0.717, 1.165) is 55.6 Å². The maximum atomic E-state index is 13.9. The van der Waals surface area contributed by atoms with Crippen molar-refractivity contribution in [3.63, 3.8) is 0 Å². The molecule has 5 nitrogen and oxygen atoms in total. The van der Waals surface area contributed by atoms with Crippen LogP contribution in [-0.4, -0.2) is 48.3 Å². The predicted molar refractivity (Wildman–Crippen MR) is 147 cm³/mol. The Balaban J connectivity index is 1.30. The summed E-state index contributed by atoms with van der Waals surface area (Å²) < 4.78 is 13.4. The van der Waals surface area contributed by atoms with Crippen LogP contribution in [0.4, 0.5) is 4.39 Å². The Bertz CT molecular complexity index is 1260. The van der Waals surface area contributed by atoms with Crippen molar-refractivity contribution >= 4 is 11.8 Å². The Labute approximate surface area is 224 Å². The van der Waals surface area contributed by atoms with Crippen molar-refractivity contribution < 1.29 is 14.0 Å². The molecule has 3 aromatic carbocycles. The molecule has 2 amide bonds. The summed E-state index contributed by atoms with van der Waals surface area (Å²) in [6.45, 7) is 4.59. The van der Waals surface area contributed by atoms with Crippen LogP contribution in [0.3, 0.4) is 0 Å². The molecule has 1 saturated heterocycles. The average molecular weight is 514 g/mol. The van der Waals surface area contributed by atoms with Gasteiger partial charge in [0.2, 0.25) is 11.8 Å². The Morgan fingerprint density at radius 1 is 0.921 bits per heavy atom. The summed E-state index contributed by atoms with van der Waals surface area (Å²) in [4.78, 5) is 30.3. The lowest BCUT2D eigenvalue weighted by atomic mass is 9.80. The van der Waals surface area contributed by atoms with E-state index in [-0.39, 0.29) is 29.1 Å². The summed E-state index contributed by atoms with van der Waals surface area (Å²) in [6, 6.07) is 26.7. The first-order valence-electron chi connectivity index (χ1n) is 13.4. The van der Waals surface area contributed by atoms with Crippen LogP contribution in [0.2, 0.25) is 0 Å². The van der Waals surface area contributed by atoms with E-state index in [1.807, 2.05) is 43.4 Å². The number of hydrogen-bond acceptors (Lipinski definition) is 3. The van der Waals surface area contributed by atoms with Gasteiger partial charge >= 0.3 is 0 Å². The Morgan fingerprint density at radius 3 is 2.08 bits per heavy atom. The van der Waals surface area contributed by atoms with E-state index >= 15 is 0 Å². The molecule has 1 aliphatic carbocycles. The van der Waals surface area contributed by atoms with Gasteiger partial charge in [0, 0.05) is 40.2 Å². The van der Waals surface area contributed by atoms with Crippen LogP contribution in [0.5, 0.6) is 0 Å². The number of likely N-dealkylation sites (tertiary alicyclic amines) is 1. The molecule has 2 aliphatic rings. The maximum absolute atomic E-state index is 13.9. The van der Waals surface area contributed by atoms with Gasteiger partial charge in [-0.1, -0.05) is 72.8 Å². The van der Waals surface area contributed by atoms with Crippen molar-refractivity contribution in [2.24, 2.45) is 5.92 Å². The Kier molecular flexibility index (Phi) is 7.35. The van der Waals surface area contributed by atoms with Crippen molar-refractivity contribution in [1.82, 2.24) is 15.1 Å². The molecule has 6 heteroatoms. The number of hydrogen-bond donors (Lipinski definition) is 1. The second-order valence-electron chi connectivity index (χ2n) is 11.0. The fraction of sp³-hybridized carbons (Fsp3) is 0.375. The molecular formula is C32H36FN3O2. The standard InChI is InChI=1S/C32H36FN3O2/c1-24(37)34-31(26-9-5-3-6-10-26)17-19-36(20-18-31)23-28-21-32(28,27-11-7-4-8-12-27)30(38)35(2)22-25-13-15-29(33)16-14-25/h3-16,28H,17-23H2,1-2H3,(H,34,37)/t28-,32+/m0/s1. The second kappa shape index (κ2) is 10.7. The average Bonchev–Trinajstić information content (AvgIpc) is 3.66. The van der Waals surface area contributed by atoms with E-state index in [9.17, 15) is 14.0 Å². The third kappa shape index (κ3) is 5.23. The topological polar surface area (TPSA) is 52.7 Å². The van der Waals surface area contributed by atoms with Gasteiger partial charge in [-0.05, 0) is 54.0 Å². The lowest BCUT2D eigenvalue weighted by molar-refractivity contribution is -0.133. The van der Waals surface area contributed by atoms with Crippen LogP contribution in [0, 0.1) is 11.7 Å². The minimum atomic E-state index is -0.540. The van der Waals surface area contributed by atoms with E-state index in [1.165, 1.54) is 12.1 Å². The van der Waals surface area contributed by atoms with Crippen molar-refractivity contribution in [3.8, 4) is 0 Å². The number of halogens is 1. The van der Waals surface area contributed by atoms with Crippen LogP contribution >= 0.6 is 0 Å². The highest BCUT2D eigenvalue weighted by molar-refractivity contribution is 5.92. The van der Waals surface area contributed by atoms with Crippen molar-refractivity contribution in [3.05, 3.63) is 107 Å². The van der Waals surface area contributed by atoms with E-state index in [1.54, 1.807) is 24.0 Å². The first-order valence-corrected chi connectivity index (χ1v) is 13.4. The van der Waals surface area contributed by atoms with Gasteiger partial charge in [0.15, 0.2) is 0 Å². The third-order valence-corrected chi connectivity index (χ3v) is 8.39. The van der Waals surface area contributed by atoms with Gasteiger partial charge in [-0.15, -0.1) is 0 Å². The number of nitrogens with one attached hydrogen (secondary N) is 1. The van der Waals surface area contributed by atoms with Crippen LogP contribution in [0.15, 0.2) is 84.9 Å². The molecule has 1 heterocycles. The monoisotopic (exact) mass is 513 g/mol. The summed E-state index contributed by atoms with van der Waals surface area (Å²) in [5.74, 6) is 0.0504. The molecule has 0 radical (unpaired) electrons. The SMILES string of the molecule is CC(=O)NC1(c2ccccc2)CCN(C[C@@H]2C[C@@]2(C(=O)N(C)Cc2ccc(F)cc2)c2ccccc2)CC1. The van der Waals surface area contributed by atoms with Crippen molar-refractivity contribution in [1.29, 1.82) is 0 Å². The zero-order chi connectivity index (χ0) is 26.8. The fourth-order valence-corrected chi connectivity index (χ4v) is 6.31. The molecule has 38 heavy (non-hydrogen) atoms. The van der Waals surface area contributed by atoms with E-state index in [4.69, 9.17) is 0 Å². The fourth-order valence-electron chi connectivity index (χ4n) is 6.31. The van der Waals surface area contributed by atoms with Gasteiger partial charge in [-0.2, -0.15) is 0 Å². The van der Waals surface area contributed by atoms with Crippen LogP contribution in [0.25, 0.3) is 0 Å². The summed E-state index contributed by atoms with van der Waals surface area (Å²) >= 11 is 0. The molecular weight excluding hydrogens is 477 g/mol. The number of likely N-dealkylation sites (N-methyl/N-ethyl adjacent to an activating group) is 1. The molecule has 2 atom stereocenters. The number of benzene rings is 3. The van der Waals surface area contributed by atoms with Gasteiger partial charge in [-0.25, -0.2) is 4.39 Å². The first-order chi connectivity index (χ1) is 18.3. The number of nitrogens with zero attached hydrogens (tertiary/aromatic N) is 2. The summed E-state index contributed by atoms with van der Waals surface area (Å²) in [5, 5.41) is 3.25. The molecule has 0 spiro atoms. The normalized spacial score (nSPS) is 22.4. The van der Waals surface area contributed by atoms with Gasteiger partial charge in [0.25, 0.3) is 0 Å². The molecule has 1 N–H and O–H groups in total. The molecule has 3 aromatic rings. The number of carbonyl (C=O) groups excluding carboxylic acids is 2. The number of rotatable bonds is 8. The molecule has 0 aromatic heterocycles. The lowest BCUT2D eigenvalue weighted by Gasteiger charge is -2.43. The summed E-state index contributed by atoms with van der Waals surface area (Å²) in [5.41, 5.74) is 2.23. The minimum absolute atomic E-state index is 0.0117. The van der Waals surface area contributed by atoms with Gasteiger partial charge in [-0.3, -0.25) is 9.59 Å². The molecule has 0 unspecified atom stereocenters. The maximum Gasteiger partial charge on any atom is 0.233 e. The predicted octanol–water partition coefficient (Wildman–Crippen LogP) is 4.87. The highest BCUT2D eigenvalue weighted by Gasteiger charge is 2.62. The molecule has 0 bridgehead atoms. The summed E-state index contributed by atoms with van der Waals surface area (Å²) in [6.07, 6.45) is 2.48. The molecule has 2 fully saturated rings. The Morgan fingerprint density at radius 2 is 1.50 bits per heavy atom. The number of amides is 2.